The van der Waals surface area contributed by atoms with Gasteiger partial charge in [0, 0.05) is 5.75 Å². The Hall–Kier alpha value is 1.33. The summed E-state index contributed by atoms with van der Waals surface area (Å²) in [6.07, 6.45) is 1.57. The summed E-state index contributed by atoms with van der Waals surface area (Å²) in [7, 11) is -3.10. The maximum absolute atomic E-state index is 10.2. The fourth-order valence-corrected chi connectivity index (χ4v) is 1.32. The molecule has 5 heteroatoms. The summed E-state index contributed by atoms with van der Waals surface area (Å²) in [6, 6.07) is 0. The van der Waals surface area contributed by atoms with Crippen molar-refractivity contribution < 1.29 is 38.3 Å². The van der Waals surface area contributed by atoms with Gasteiger partial charge in [-0.15, -0.1) is 0 Å². The minimum atomic E-state index is -3.10. The van der Waals surface area contributed by atoms with Crippen LogP contribution in [0.3, 0.4) is 0 Å². The first-order valence-electron chi connectivity index (χ1n) is 2.50. The minimum Gasteiger partial charge on any atom is -0.769 e. The third-order valence-electron chi connectivity index (χ3n) is 0.748. The largest absolute Gasteiger partial charge is 1.00 e. The van der Waals surface area contributed by atoms with Gasteiger partial charge in [0.15, 0.2) is 0 Å². The Morgan fingerprint density at radius 2 is 2.11 bits per heavy atom. The van der Waals surface area contributed by atoms with E-state index >= 15 is 0 Å². The Balaban J connectivity index is 0. The molecule has 0 heterocycles. The molecule has 0 N–H and O–H groups in total. The first-order valence-corrected chi connectivity index (χ1v) is 5.07. The second-order valence-corrected chi connectivity index (χ2v) is 4.66. The van der Waals surface area contributed by atoms with E-state index in [0.29, 0.717) is 6.42 Å². The Kier molecular flexibility index (Phi) is 8.74. The van der Waals surface area contributed by atoms with Gasteiger partial charge in [-0.1, -0.05) is 13.3 Å². The second kappa shape index (κ2) is 6.07. The van der Waals surface area contributed by atoms with Crippen LogP contribution in [0.25, 0.3) is 0 Å². The number of unbranched alkanes of at least 4 members (excludes halogenated alkanes) is 1. The van der Waals surface area contributed by atoms with Crippen molar-refractivity contribution in [2.75, 3.05) is 5.75 Å². The maximum Gasteiger partial charge on any atom is 1.00 e. The third kappa shape index (κ3) is 12.5. The van der Waals surface area contributed by atoms with Crippen LogP contribution in [0.2, 0.25) is 0 Å². The summed E-state index contributed by atoms with van der Waals surface area (Å²) in [6.45, 7) is 1.93. The molecule has 0 spiro atoms. The normalized spacial score (nSPS) is 15.8. The average Bonchev–Trinajstić information content (AvgIpc) is 1.59. The van der Waals surface area contributed by atoms with Crippen LogP contribution in [0.4, 0.5) is 0 Å². The summed E-state index contributed by atoms with van der Waals surface area (Å²) in [5, 5.41) is 0. The van der Waals surface area contributed by atoms with Crippen LogP contribution in [0.5, 0.6) is 0 Å². The summed E-state index contributed by atoms with van der Waals surface area (Å²) in [4.78, 5) is 0. The molecule has 0 saturated carbocycles. The molecule has 50 valence electrons. The second-order valence-electron chi connectivity index (χ2n) is 1.62. The van der Waals surface area contributed by atoms with Gasteiger partial charge >= 0.3 is 29.6 Å². The average molecular weight is 176 g/mol. The molecule has 0 aliphatic carbocycles. The first-order chi connectivity index (χ1) is 3.56. The zero-order valence-electron chi connectivity index (χ0n) is 5.75. The molecule has 0 amide bonds. The summed E-state index contributed by atoms with van der Waals surface area (Å²) >= 11 is 4.12. The molecular weight excluding hydrogens is 167 g/mol. The molecule has 0 aromatic rings. The zero-order chi connectivity index (χ0) is 6.62. The molecule has 2 nitrogen and oxygen atoms in total. The van der Waals surface area contributed by atoms with Crippen molar-refractivity contribution in [3.05, 3.63) is 0 Å². The van der Waals surface area contributed by atoms with Crippen molar-refractivity contribution in [3.63, 3.8) is 0 Å². The van der Waals surface area contributed by atoms with Gasteiger partial charge in [-0.2, -0.15) is 0 Å². The molecule has 0 rings (SSSR count). The van der Waals surface area contributed by atoms with Crippen LogP contribution >= 0.6 is 0 Å². The topological polar surface area (TPSA) is 40.1 Å². The standard InChI is InChI=1S/C4H10O2S2.Na/c1-2-3-4-8(5,6)7;/h2-4H2,1H3,(H,5,6,7);/q;+1/p-1. The van der Waals surface area contributed by atoms with Gasteiger partial charge in [0.25, 0.3) is 0 Å². The van der Waals surface area contributed by atoms with Gasteiger partial charge in [0.2, 0.25) is 0 Å². The van der Waals surface area contributed by atoms with Crippen LogP contribution < -0.4 is 29.6 Å². The Labute approximate surface area is 83.2 Å². The molecule has 0 aliphatic rings. The van der Waals surface area contributed by atoms with Gasteiger partial charge in [-0.05, 0) is 26.4 Å². The summed E-state index contributed by atoms with van der Waals surface area (Å²) < 4.78 is 20.4. The van der Waals surface area contributed by atoms with Crippen LogP contribution in [-0.2, 0) is 20.0 Å². The Morgan fingerprint density at radius 1 is 1.67 bits per heavy atom. The molecule has 0 saturated heterocycles. The van der Waals surface area contributed by atoms with Crippen molar-refractivity contribution in [3.8, 4) is 0 Å². The molecule has 0 radical (unpaired) electrons. The monoisotopic (exact) mass is 176 g/mol. The van der Waals surface area contributed by atoms with Gasteiger partial charge in [-0.25, -0.2) is 0 Å². The van der Waals surface area contributed by atoms with E-state index in [1.807, 2.05) is 6.92 Å². The van der Waals surface area contributed by atoms with E-state index in [2.05, 4.69) is 11.2 Å². The first kappa shape index (κ1) is 13.0. The quantitative estimate of drug-likeness (QED) is 0.453. The van der Waals surface area contributed by atoms with Crippen molar-refractivity contribution in [2.45, 2.75) is 19.8 Å². The van der Waals surface area contributed by atoms with E-state index in [0.717, 1.165) is 6.42 Å². The van der Waals surface area contributed by atoms with Crippen molar-refractivity contribution in [2.24, 2.45) is 0 Å². The fraction of sp³-hybridized carbons (Fsp3) is 1.00. The van der Waals surface area contributed by atoms with Crippen molar-refractivity contribution >= 4 is 20.0 Å². The van der Waals surface area contributed by atoms with Crippen LogP contribution in [-0.4, -0.2) is 14.5 Å². The van der Waals surface area contributed by atoms with Gasteiger partial charge in [0.05, 0.1) is 0 Å². The third-order valence-corrected chi connectivity index (χ3v) is 2.04. The molecule has 9 heavy (non-hydrogen) atoms. The van der Waals surface area contributed by atoms with Crippen LogP contribution in [0, 0.1) is 0 Å². The molecule has 1 atom stereocenters. The molecule has 1 unspecified atom stereocenters. The Bertz CT molecular complexity index is 141. The van der Waals surface area contributed by atoms with E-state index in [1.165, 1.54) is 0 Å². The smallest absolute Gasteiger partial charge is 0.769 e. The Morgan fingerprint density at radius 3 is 2.22 bits per heavy atom. The molecular formula is C4H9NaO2S2. The molecule has 0 fully saturated rings. The van der Waals surface area contributed by atoms with E-state index in [1.54, 1.807) is 0 Å². The number of hydrogen-bond donors (Lipinski definition) is 0. The predicted octanol–water partition coefficient (Wildman–Crippen LogP) is -2.33. The predicted molar refractivity (Wildman–Crippen MR) is 36.1 cm³/mol. The molecule has 0 bridgehead atoms. The summed E-state index contributed by atoms with van der Waals surface area (Å²) in [5.41, 5.74) is 0. The number of hydrogen-bond acceptors (Lipinski definition) is 3. The molecule has 0 aromatic heterocycles. The SMILES string of the molecule is CCCCS(=O)([O-])=S.[Na+]. The minimum absolute atomic E-state index is 0. The van der Waals surface area contributed by atoms with E-state index in [-0.39, 0.29) is 35.3 Å². The van der Waals surface area contributed by atoms with Crippen molar-refractivity contribution in [1.29, 1.82) is 0 Å². The molecule has 0 aromatic carbocycles. The zero-order valence-corrected chi connectivity index (χ0v) is 9.39. The van der Waals surface area contributed by atoms with Gasteiger partial charge in [-0.3, -0.25) is 4.21 Å². The van der Waals surface area contributed by atoms with Gasteiger partial charge < -0.3 is 4.55 Å². The van der Waals surface area contributed by atoms with Crippen molar-refractivity contribution in [1.82, 2.24) is 0 Å². The van der Waals surface area contributed by atoms with Gasteiger partial charge in [0.1, 0.15) is 0 Å². The van der Waals surface area contributed by atoms with E-state index < -0.39 is 8.77 Å². The maximum atomic E-state index is 10.2. The van der Waals surface area contributed by atoms with Crippen LogP contribution in [0.15, 0.2) is 0 Å². The summed E-state index contributed by atoms with van der Waals surface area (Å²) in [5.74, 6) is 0.152. The fourth-order valence-electron chi connectivity index (χ4n) is 0.321. The van der Waals surface area contributed by atoms with E-state index in [4.69, 9.17) is 0 Å². The number of rotatable bonds is 3. The van der Waals surface area contributed by atoms with Crippen LogP contribution in [0.1, 0.15) is 19.8 Å². The molecule has 0 aliphatic heterocycles. The van der Waals surface area contributed by atoms with E-state index in [9.17, 15) is 8.76 Å².